The van der Waals surface area contributed by atoms with E-state index in [1.807, 2.05) is 0 Å². The molecule has 0 saturated heterocycles. The minimum atomic E-state index is -5.06. The van der Waals surface area contributed by atoms with Gasteiger partial charge >= 0.3 is 44.7 Å². The summed E-state index contributed by atoms with van der Waals surface area (Å²) in [4.78, 5) is 27.5. The summed E-state index contributed by atoms with van der Waals surface area (Å²) in [6, 6.07) is 6.17. The van der Waals surface area contributed by atoms with Crippen LogP contribution in [0, 0.1) is 0 Å². The number of nitrogens with two attached hydrogens (primary N) is 1. The van der Waals surface area contributed by atoms with Crippen LogP contribution in [-0.2, 0) is 18.6 Å². The quantitative estimate of drug-likeness (QED) is 0.198. The summed E-state index contributed by atoms with van der Waals surface area (Å²) >= 11 is 0. The zero-order chi connectivity index (χ0) is 17.3. The number of benzene rings is 1. The number of aliphatic hydroxyl groups excluding tert-OH is 1. The summed E-state index contributed by atoms with van der Waals surface area (Å²) in [5.41, 5.74) is 5.66. The molecule has 3 unspecified atom stereocenters. The number of allylic oxidation sites excluding steroid dienone is 1. The molecule has 0 spiro atoms. The molecule has 0 bridgehead atoms. The summed E-state index contributed by atoms with van der Waals surface area (Å²) in [7, 11) is -9.82. The molecular weight excluding hydrogens is 367 g/mol. The van der Waals surface area contributed by atoms with E-state index in [9.17, 15) is 23.8 Å². The molecule has 0 heterocycles. The van der Waals surface area contributed by atoms with Crippen molar-refractivity contribution in [2.45, 2.75) is 24.0 Å². The fourth-order valence-electron chi connectivity index (χ4n) is 2.52. The number of rotatable bonds is 7. The molecule has 1 aliphatic carbocycles. The number of hydrogen-bond acceptors (Lipinski definition) is 5. The van der Waals surface area contributed by atoms with Gasteiger partial charge in [-0.2, -0.15) is 0 Å². The third-order valence-electron chi connectivity index (χ3n) is 3.64. The van der Waals surface area contributed by atoms with Crippen LogP contribution in [0.25, 0.3) is 6.08 Å². The maximum atomic E-state index is 12.7. The third kappa shape index (κ3) is 4.11. The van der Waals surface area contributed by atoms with E-state index in [2.05, 4.69) is 0 Å². The maximum absolute atomic E-state index is 12.7. The Balaban J connectivity index is 0.00000288. The van der Waals surface area contributed by atoms with Gasteiger partial charge in [0, 0.05) is 0 Å². The van der Waals surface area contributed by atoms with Crippen LogP contribution >= 0.6 is 15.2 Å². The van der Waals surface area contributed by atoms with Gasteiger partial charge in [0.15, 0.2) is 0 Å². The summed E-state index contributed by atoms with van der Waals surface area (Å²) in [5, 5.41) is 8.96. The van der Waals surface area contributed by atoms with Crippen molar-refractivity contribution in [3.63, 3.8) is 0 Å². The van der Waals surface area contributed by atoms with Crippen molar-refractivity contribution in [2.75, 3.05) is 6.61 Å². The zero-order valence-corrected chi connectivity index (χ0v) is 13.9. The van der Waals surface area contributed by atoms with Gasteiger partial charge in [-0.15, -0.1) is 0 Å². The second-order valence-corrected chi connectivity index (χ2v) is 9.40. The summed E-state index contributed by atoms with van der Waals surface area (Å²) in [6.45, 7) is -0.264. The van der Waals surface area contributed by atoms with Gasteiger partial charge in [0.2, 0.25) is 4.90 Å². The Labute approximate surface area is 161 Å². The Morgan fingerprint density at radius 2 is 1.83 bits per heavy atom. The van der Waals surface area contributed by atoms with Crippen LogP contribution in [-0.4, -0.2) is 62.2 Å². The standard InChI is InChI=1S/C13H19NO7P2.Na.H/c14-12(15)6-3-9-21-23(19,20)13(22(16,17)18)8-7-10-4-1-2-5-11(10)13;;/h1-2,4-5,7-8,12,15H,3,6,9,14H2,(H,19,20)(H2,16,17,18);;. The van der Waals surface area contributed by atoms with Gasteiger partial charge in [-0.05, 0) is 30.0 Å². The summed E-state index contributed by atoms with van der Waals surface area (Å²) < 4.78 is 29.7. The predicted octanol–water partition coefficient (Wildman–Crippen LogP) is 0.655. The first-order valence-corrected chi connectivity index (χ1v) is 10.1. The first kappa shape index (κ1) is 22.2. The molecule has 1 aromatic carbocycles. The monoisotopic (exact) mass is 387 g/mol. The van der Waals surface area contributed by atoms with E-state index in [0.717, 1.165) is 6.08 Å². The van der Waals surface area contributed by atoms with Crippen LogP contribution in [0.1, 0.15) is 24.0 Å². The van der Waals surface area contributed by atoms with Crippen molar-refractivity contribution in [1.29, 1.82) is 0 Å². The number of hydrogen-bond donors (Lipinski definition) is 5. The molecule has 1 aromatic rings. The molecule has 3 atom stereocenters. The van der Waals surface area contributed by atoms with Crippen LogP contribution in [0.5, 0.6) is 0 Å². The predicted molar refractivity (Wildman–Crippen MR) is 91.6 cm³/mol. The van der Waals surface area contributed by atoms with E-state index in [4.69, 9.17) is 15.4 Å². The molecule has 0 aromatic heterocycles. The van der Waals surface area contributed by atoms with Gasteiger partial charge < -0.3 is 30.0 Å². The Kier molecular flexibility index (Phi) is 7.64. The topological polar surface area (TPSA) is 150 Å². The van der Waals surface area contributed by atoms with E-state index in [1.54, 1.807) is 12.1 Å². The molecular formula is C13H20NNaO7P2. The average Bonchev–Trinajstić information content (AvgIpc) is 2.84. The first-order chi connectivity index (χ1) is 10.6. The average molecular weight is 387 g/mol. The molecule has 0 radical (unpaired) electrons. The Morgan fingerprint density at radius 1 is 1.21 bits per heavy atom. The minimum absolute atomic E-state index is 0. The van der Waals surface area contributed by atoms with Crippen LogP contribution in [0.15, 0.2) is 30.3 Å². The van der Waals surface area contributed by atoms with E-state index in [0.29, 0.717) is 5.56 Å². The molecule has 2 rings (SSSR count). The van der Waals surface area contributed by atoms with Gasteiger partial charge in [0.25, 0.3) is 0 Å². The molecule has 11 heteroatoms. The first-order valence-electron chi connectivity index (χ1n) is 6.87. The fraction of sp³-hybridized carbons (Fsp3) is 0.385. The Bertz CT molecular complexity index is 705. The summed E-state index contributed by atoms with van der Waals surface area (Å²) in [5.74, 6) is 0. The van der Waals surface area contributed by atoms with Gasteiger partial charge in [0.1, 0.15) is 6.23 Å². The van der Waals surface area contributed by atoms with Gasteiger partial charge in [0.05, 0.1) is 6.61 Å². The van der Waals surface area contributed by atoms with Crippen LogP contribution in [0.4, 0.5) is 0 Å². The molecule has 0 amide bonds. The second kappa shape index (κ2) is 8.25. The fourth-order valence-corrected chi connectivity index (χ4v) is 6.14. The zero-order valence-electron chi connectivity index (χ0n) is 12.1. The molecule has 130 valence electrons. The molecule has 8 nitrogen and oxygen atoms in total. The Morgan fingerprint density at radius 3 is 2.42 bits per heavy atom. The Hall–Kier alpha value is 0.180. The van der Waals surface area contributed by atoms with E-state index >= 15 is 0 Å². The summed E-state index contributed by atoms with van der Waals surface area (Å²) in [6.07, 6.45) is 1.65. The van der Waals surface area contributed by atoms with Crippen molar-refractivity contribution in [2.24, 2.45) is 5.73 Å². The van der Waals surface area contributed by atoms with E-state index in [1.165, 1.54) is 18.2 Å². The molecule has 0 fully saturated rings. The van der Waals surface area contributed by atoms with Gasteiger partial charge in [-0.3, -0.25) is 9.13 Å². The second-order valence-electron chi connectivity index (χ2n) is 5.25. The molecule has 24 heavy (non-hydrogen) atoms. The molecule has 0 aliphatic heterocycles. The van der Waals surface area contributed by atoms with Crippen LogP contribution < -0.4 is 5.73 Å². The molecule has 0 saturated carbocycles. The molecule has 1 aliphatic rings. The van der Waals surface area contributed by atoms with Crippen molar-refractivity contribution in [3.05, 3.63) is 41.5 Å². The normalized spacial score (nSPS) is 23.2. The van der Waals surface area contributed by atoms with E-state index < -0.39 is 26.3 Å². The number of fused-ring (bicyclic) bond motifs is 1. The SMILES string of the molecule is NC(O)CCCOP(=O)(O)C1(P(=O)(O)O)C=Cc2ccccc21.[NaH]. The van der Waals surface area contributed by atoms with E-state index in [-0.39, 0.29) is 54.6 Å². The van der Waals surface area contributed by atoms with Crippen molar-refractivity contribution in [1.82, 2.24) is 0 Å². The number of aliphatic hydroxyl groups is 1. The van der Waals surface area contributed by atoms with Crippen molar-refractivity contribution >= 4 is 50.8 Å². The van der Waals surface area contributed by atoms with Gasteiger partial charge in [-0.1, -0.05) is 30.3 Å². The van der Waals surface area contributed by atoms with Gasteiger partial charge in [-0.25, -0.2) is 0 Å². The molecule has 6 N–H and O–H groups in total. The van der Waals surface area contributed by atoms with Crippen molar-refractivity contribution in [3.8, 4) is 0 Å². The van der Waals surface area contributed by atoms with Crippen LogP contribution in [0.3, 0.4) is 0 Å². The van der Waals surface area contributed by atoms with Crippen LogP contribution in [0.2, 0.25) is 0 Å². The third-order valence-corrected chi connectivity index (χ3v) is 8.24. The van der Waals surface area contributed by atoms with Crippen molar-refractivity contribution < 1.29 is 33.4 Å².